The predicted octanol–water partition coefficient (Wildman–Crippen LogP) is 4.76. The van der Waals surface area contributed by atoms with Crippen LogP contribution in [0.15, 0.2) is 54.7 Å². The Bertz CT molecular complexity index is 1010. The summed E-state index contributed by atoms with van der Waals surface area (Å²) in [4.78, 5) is 18.0. The van der Waals surface area contributed by atoms with Crippen LogP contribution in [-0.4, -0.2) is 36.0 Å². The smallest absolute Gasteiger partial charge is 0.257 e. The molecule has 1 N–H and O–H groups in total. The van der Waals surface area contributed by atoms with Crippen LogP contribution in [0.3, 0.4) is 0 Å². The van der Waals surface area contributed by atoms with Crippen LogP contribution in [0.25, 0.3) is 16.5 Å². The number of H-pyrrole nitrogens is 1. The minimum Gasteiger partial charge on any atom is -0.496 e. The first-order chi connectivity index (χ1) is 12.7. The zero-order valence-corrected chi connectivity index (χ0v) is 15.2. The quantitative estimate of drug-likeness (QED) is 0.726. The van der Waals surface area contributed by atoms with Crippen molar-refractivity contribution in [2.75, 3.05) is 20.2 Å². The van der Waals surface area contributed by atoms with Crippen LogP contribution >= 0.6 is 11.6 Å². The van der Waals surface area contributed by atoms with Gasteiger partial charge >= 0.3 is 0 Å². The van der Waals surface area contributed by atoms with Gasteiger partial charge in [0, 0.05) is 40.8 Å². The van der Waals surface area contributed by atoms with Crippen molar-refractivity contribution in [1.29, 1.82) is 0 Å². The topological polar surface area (TPSA) is 45.3 Å². The number of aromatic amines is 1. The number of carbonyl (C=O) groups excluding carboxylic acids is 1. The van der Waals surface area contributed by atoms with Crippen LogP contribution in [0.1, 0.15) is 22.3 Å². The van der Waals surface area contributed by atoms with E-state index in [1.165, 1.54) is 5.57 Å². The Morgan fingerprint density at radius 1 is 1.23 bits per heavy atom. The Balaban J connectivity index is 1.58. The van der Waals surface area contributed by atoms with Crippen molar-refractivity contribution in [2.24, 2.45) is 0 Å². The van der Waals surface area contributed by atoms with Gasteiger partial charge in [0.15, 0.2) is 0 Å². The van der Waals surface area contributed by atoms with Crippen LogP contribution in [0.5, 0.6) is 5.75 Å². The van der Waals surface area contributed by atoms with E-state index in [1.54, 1.807) is 7.11 Å². The Labute approximate surface area is 157 Å². The summed E-state index contributed by atoms with van der Waals surface area (Å²) in [6.45, 7) is 1.26. The highest BCUT2D eigenvalue weighted by atomic mass is 35.5. The lowest BCUT2D eigenvalue weighted by atomic mass is 9.98. The van der Waals surface area contributed by atoms with Crippen molar-refractivity contribution in [1.82, 2.24) is 9.88 Å². The minimum atomic E-state index is -0.000258. The number of hydrogen-bond acceptors (Lipinski definition) is 2. The summed E-state index contributed by atoms with van der Waals surface area (Å²) < 4.78 is 5.32. The van der Waals surface area contributed by atoms with Crippen molar-refractivity contribution in [2.45, 2.75) is 6.42 Å². The van der Waals surface area contributed by atoms with Crippen LogP contribution in [0.2, 0.25) is 5.02 Å². The van der Waals surface area contributed by atoms with Crippen molar-refractivity contribution in [3.8, 4) is 5.75 Å². The van der Waals surface area contributed by atoms with E-state index in [-0.39, 0.29) is 5.91 Å². The number of benzene rings is 2. The van der Waals surface area contributed by atoms with Crippen LogP contribution < -0.4 is 4.74 Å². The predicted molar refractivity (Wildman–Crippen MR) is 105 cm³/mol. The highest BCUT2D eigenvalue weighted by Gasteiger charge is 2.22. The van der Waals surface area contributed by atoms with Gasteiger partial charge in [0.2, 0.25) is 0 Å². The van der Waals surface area contributed by atoms with Crippen LogP contribution in [0, 0.1) is 0 Å². The Kier molecular flexibility index (Phi) is 4.43. The highest BCUT2D eigenvalue weighted by Crippen LogP contribution is 2.31. The van der Waals surface area contributed by atoms with E-state index in [0.717, 1.165) is 27.9 Å². The van der Waals surface area contributed by atoms with Gasteiger partial charge in [-0.15, -0.1) is 0 Å². The lowest BCUT2D eigenvalue weighted by Crippen LogP contribution is -2.34. The van der Waals surface area contributed by atoms with E-state index in [1.807, 2.05) is 53.6 Å². The van der Waals surface area contributed by atoms with E-state index in [9.17, 15) is 4.79 Å². The van der Waals surface area contributed by atoms with Gasteiger partial charge in [0.1, 0.15) is 5.75 Å². The summed E-state index contributed by atoms with van der Waals surface area (Å²) in [6.07, 6.45) is 4.95. The molecule has 1 aromatic heterocycles. The number of hydrogen-bond donors (Lipinski definition) is 1. The van der Waals surface area contributed by atoms with E-state index >= 15 is 0 Å². The van der Waals surface area contributed by atoms with Crippen LogP contribution in [0.4, 0.5) is 0 Å². The maximum atomic E-state index is 12.8. The largest absolute Gasteiger partial charge is 0.496 e. The third-order valence-corrected chi connectivity index (χ3v) is 5.06. The zero-order valence-electron chi connectivity index (χ0n) is 14.5. The fourth-order valence-electron chi connectivity index (χ4n) is 3.45. The summed E-state index contributed by atoms with van der Waals surface area (Å²) in [6, 6.07) is 13.2. The average molecular weight is 367 g/mol. The first kappa shape index (κ1) is 16.7. The van der Waals surface area contributed by atoms with Gasteiger partial charge in [-0.25, -0.2) is 0 Å². The second-order valence-electron chi connectivity index (χ2n) is 6.32. The molecule has 0 saturated carbocycles. The lowest BCUT2D eigenvalue weighted by molar-refractivity contribution is 0.0769. The number of nitrogens with one attached hydrogen (secondary N) is 1. The number of para-hydroxylation sites is 1. The number of aromatic nitrogens is 1. The summed E-state index contributed by atoms with van der Waals surface area (Å²) >= 11 is 6.15. The molecule has 0 fully saturated rings. The van der Waals surface area contributed by atoms with E-state index in [4.69, 9.17) is 16.3 Å². The first-order valence-corrected chi connectivity index (χ1v) is 8.93. The second kappa shape index (κ2) is 6.89. The number of amides is 1. The van der Waals surface area contributed by atoms with Gasteiger partial charge in [-0.3, -0.25) is 4.79 Å². The number of carbonyl (C=O) groups is 1. The van der Waals surface area contributed by atoms with Gasteiger partial charge in [-0.2, -0.15) is 0 Å². The molecule has 0 atom stereocenters. The Morgan fingerprint density at radius 2 is 2.08 bits per heavy atom. The van der Waals surface area contributed by atoms with Gasteiger partial charge in [-0.05, 0) is 42.3 Å². The highest BCUT2D eigenvalue weighted by molar-refractivity contribution is 6.31. The monoisotopic (exact) mass is 366 g/mol. The third-order valence-electron chi connectivity index (χ3n) is 4.82. The molecule has 4 nitrogen and oxygen atoms in total. The average Bonchev–Trinajstić information content (AvgIpc) is 3.10. The number of fused-ring (bicyclic) bond motifs is 1. The van der Waals surface area contributed by atoms with Crippen molar-refractivity contribution in [3.63, 3.8) is 0 Å². The molecule has 5 heteroatoms. The van der Waals surface area contributed by atoms with E-state index in [2.05, 4.69) is 11.1 Å². The number of nitrogens with zero attached hydrogens (tertiary/aromatic N) is 1. The molecule has 1 aliphatic heterocycles. The summed E-state index contributed by atoms with van der Waals surface area (Å²) in [5.41, 5.74) is 4.07. The van der Waals surface area contributed by atoms with Crippen molar-refractivity contribution < 1.29 is 9.53 Å². The molecular formula is C21H19ClN2O2. The number of rotatable bonds is 3. The molecule has 26 heavy (non-hydrogen) atoms. The van der Waals surface area contributed by atoms with Gasteiger partial charge < -0.3 is 14.6 Å². The summed E-state index contributed by atoms with van der Waals surface area (Å²) in [5.74, 6) is 0.610. The maximum Gasteiger partial charge on any atom is 0.257 e. The number of ether oxygens (including phenoxy) is 1. The van der Waals surface area contributed by atoms with Gasteiger partial charge in [0.05, 0.1) is 12.7 Å². The molecule has 0 unspecified atom stereocenters. The SMILES string of the molecule is COc1ccccc1C(=O)N1CC=C(c2c[nH]c3ccc(Cl)cc23)CC1. The number of methoxy groups -OCH3 is 1. The molecular weight excluding hydrogens is 348 g/mol. The molecule has 2 aromatic carbocycles. The maximum absolute atomic E-state index is 12.8. The van der Waals surface area contributed by atoms with Gasteiger partial charge in [-0.1, -0.05) is 29.8 Å². The van der Waals surface area contributed by atoms with Gasteiger partial charge in [0.25, 0.3) is 5.91 Å². The molecule has 0 radical (unpaired) electrons. The molecule has 3 aromatic rings. The zero-order chi connectivity index (χ0) is 18.1. The first-order valence-electron chi connectivity index (χ1n) is 8.55. The molecule has 1 aliphatic rings. The lowest BCUT2D eigenvalue weighted by Gasteiger charge is -2.27. The molecule has 0 bridgehead atoms. The minimum absolute atomic E-state index is 0.000258. The molecule has 0 spiro atoms. The van der Waals surface area contributed by atoms with Crippen molar-refractivity contribution in [3.05, 3.63) is 70.9 Å². The number of halogens is 1. The normalized spacial score (nSPS) is 14.4. The van der Waals surface area contributed by atoms with Crippen LogP contribution in [-0.2, 0) is 0 Å². The Morgan fingerprint density at radius 3 is 2.85 bits per heavy atom. The fourth-order valence-corrected chi connectivity index (χ4v) is 3.62. The second-order valence-corrected chi connectivity index (χ2v) is 6.76. The molecule has 1 amide bonds. The summed E-state index contributed by atoms with van der Waals surface area (Å²) in [7, 11) is 1.59. The Hall–Kier alpha value is -2.72. The van der Waals surface area contributed by atoms with Crippen molar-refractivity contribution >= 4 is 34.0 Å². The fraction of sp³-hybridized carbons (Fsp3) is 0.190. The standard InChI is InChI=1S/C21H19ClN2O2/c1-26-20-5-3-2-4-16(20)21(25)24-10-8-14(9-11-24)18-13-23-19-7-6-15(22)12-17(18)19/h2-8,12-13,23H,9-11H2,1H3. The molecule has 2 heterocycles. The molecule has 4 rings (SSSR count). The molecule has 0 aliphatic carbocycles. The molecule has 0 saturated heterocycles. The summed E-state index contributed by atoms with van der Waals surface area (Å²) in [5, 5.41) is 1.84. The van der Waals surface area contributed by atoms with E-state index < -0.39 is 0 Å². The van der Waals surface area contributed by atoms with E-state index in [0.29, 0.717) is 24.4 Å². The third kappa shape index (κ3) is 2.97. The molecule has 132 valence electrons.